The van der Waals surface area contributed by atoms with Crippen LogP contribution in [0.25, 0.3) is 0 Å². The molecule has 0 aromatic heterocycles. The summed E-state index contributed by atoms with van der Waals surface area (Å²) in [7, 11) is 3.11. The summed E-state index contributed by atoms with van der Waals surface area (Å²) in [5, 5.41) is 2.78. The van der Waals surface area contributed by atoms with Gasteiger partial charge in [0.1, 0.15) is 11.5 Å². The fourth-order valence-corrected chi connectivity index (χ4v) is 3.30. The number of ether oxygens (including phenoxy) is 2. The van der Waals surface area contributed by atoms with Crippen molar-refractivity contribution < 1.29 is 23.9 Å². The zero-order valence-corrected chi connectivity index (χ0v) is 17.0. The van der Waals surface area contributed by atoms with Gasteiger partial charge in [-0.1, -0.05) is 15.9 Å². The molecule has 2 aromatic rings. The Kier molecular flexibility index (Phi) is 5.99. The van der Waals surface area contributed by atoms with E-state index in [0.717, 1.165) is 14.9 Å². The number of nitrogens with one attached hydrogen (secondary N) is 1. The lowest BCUT2D eigenvalue weighted by Crippen LogP contribution is -2.34. The molecule has 1 aliphatic rings. The third-order valence-electron chi connectivity index (χ3n) is 4.40. The lowest BCUT2D eigenvalue weighted by Gasteiger charge is -2.14. The van der Waals surface area contributed by atoms with E-state index in [1.165, 1.54) is 0 Å². The maximum Gasteiger partial charge on any atom is 0.261 e. The van der Waals surface area contributed by atoms with Gasteiger partial charge in [0.05, 0.1) is 25.3 Å². The number of halogens is 1. The molecule has 1 aliphatic heterocycles. The minimum Gasteiger partial charge on any atom is -0.497 e. The van der Waals surface area contributed by atoms with Crippen LogP contribution in [0, 0.1) is 0 Å². The molecule has 0 radical (unpaired) electrons. The summed E-state index contributed by atoms with van der Waals surface area (Å²) in [4.78, 5) is 38.1. The van der Waals surface area contributed by atoms with E-state index in [2.05, 4.69) is 21.2 Å². The van der Waals surface area contributed by atoms with Crippen LogP contribution < -0.4 is 14.8 Å². The molecule has 0 spiro atoms. The molecule has 28 heavy (non-hydrogen) atoms. The van der Waals surface area contributed by atoms with Gasteiger partial charge in [0.2, 0.25) is 5.91 Å². The minimum absolute atomic E-state index is 0.0216. The van der Waals surface area contributed by atoms with E-state index < -0.39 is 0 Å². The molecular formula is C20H19BrN2O5. The van der Waals surface area contributed by atoms with Gasteiger partial charge in [-0.15, -0.1) is 0 Å². The number of carbonyl (C=O) groups is 3. The first-order chi connectivity index (χ1) is 13.4. The van der Waals surface area contributed by atoms with E-state index in [1.54, 1.807) is 50.6 Å². The van der Waals surface area contributed by atoms with E-state index in [4.69, 9.17) is 9.47 Å². The molecule has 3 rings (SSSR count). The number of fused-ring (bicyclic) bond motifs is 1. The van der Waals surface area contributed by atoms with Gasteiger partial charge in [-0.05, 0) is 35.9 Å². The number of nitrogens with zero attached hydrogens (tertiary/aromatic N) is 1. The molecule has 0 unspecified atom stereocenters. The summed E-state index contributed by atoms with van der Waals surface area (Å²) in [6.45, 7) is 0.304. The molecule has 0 fully saturated rings. The molecule has 0 aliphatic carbocycles. The van der Waals surface area contributed by atoms with Crippen molar-refractivity contribution in [3.63, 3.8) is 0 Å². The Labute approximate surface area is 170 Å². The van der Waals surface area contributed by atoms with Gasteiger partial charge >= 0.3 is 0 Å². The molecule has 0 bridgehead atoms. The SMILES string of the molecule is COc1cc(CNC(=O)CCN2C(=O)c3ccc(Br)cc3C2=O)cc(OC)c1. The zero-order chi connectivity index (χ0) is 20.3. The van der Waals surface area contributed by atoms with E-state index in [-0.39, 0.29) is 37.2 Å². The van der Waals surface area contributed by atoms with Crippen molar-refractivity contribution in [3.8, 4) is 11.5 Å². The molecule has 8 heteroatoms. The average Bonchev–Trinajstić information content (AvgIpc) is 2.93. The van der Waals surface area contributed by atoms with Crippen molar-refractivity contribution in [2.24, 2.45) is 0 Å². The summed E-state index contributed by atoms with van der Waals surface area (Å²) in [6, 6.07) is 10.3. The number of benzene rings is 2. The van der Waals surface area contributed by atoms with E-state index >= 15 is 0 Å². The molecule has 2 aromatic carbocycles. The Hall–Kier alpha value is -2.87. The Morgan fingerprint density at radius 2 is 1.64 bits per heavy atom. The van der Waals surface area contributed by atoms with Crippen molar-refractivity contribution >= 4 is 33.7 Å². The van der Waals surface area contributed by atoms with Crippen LogP contribution in [0.1, 0.15) is 32.7 Å². The van der Waals surface area contributed by atoms with Crippen LogP contribution in [0.5, 0.6) is 11.5 Å². The molecular weight excluding hydrogens is 428 g/mol. The maximum absolute atomic E-state index is 12.4. The number of hydrogen-bond donors (Lipinski definition) is 1. The van der Waals surface area contributed by atoms with Crippen LogP contribution in [0.15, 0.2) is 40.9 Å². The van der Waals surface area contributed by atoms with Crippen LogP contribution >= 0.6 is 15.9 Å². The van der Waals surface area contributed by atoms with E-state index in [0.29, 0.717) is 22.6 Å². The average molecular weight is 447 g/mol. The molecule has 0 atom stereocenters. The maximum atomic E-state index is 12.4. The summed E-state index contributed by atoms with van der Waals surface area (Å²) in [5.74, 6) is 0.227. The van der Waals surface area contributed by atoms with Crippen molar-refractivity contribution in [2.75, 3.05) is 20.8 Å². The highest BCUT2D eigenvalue weighted by Crippen LogP contribution is 2.26. The van der Waals surface area contributed by atoms with Gasteiger partial charge in [-0.25, -0.2) is 0 Å². The number of rotatable bonds is 7. The third-order valence-corrected chi connectivity index (χ3v) is 4.89. The predicted octanol–water partition coefficient (Wildman–Crippen LogP) is 2.77. The Bertz CT molecular complexity index is 922. The summed E-state index contributed by atoms with van der Waals surface area (Å²) in [6.07, 6.45) is 0.0216. The lowest BCUT2D eigenvalue weighted by atomic mass is 10.1. The van der Waals surface area contributed by atoms with Gasteiger partial charge in [0, 0.05) is 30.0 Å². The van der Waals surface area contributed by atoms with Crippen molar-refractivity contribution in [1.29, 1.82) is 0 Å². The summed E-state index contributed by atoms with van der Waals surface area (Å²) < 4.78 is 11.1. The Morgan fingerprint density at radius 1 is 1.00 bits per heavy atom. The standard InChI is InChI=1S/C20H19BrN2O5/c1-27-14-7-12(8-15(10-14)28-2)11-22-18(24)5-6-23-19(25)16-4-3-13(21)9-17(16)20(23)26/h3-4,7-10H,5-6,11H2,1-2H3,(H,22,24). The second-order valence-corrected chi connectivity index (χ2v) is 7.12. The normalized spacial score (nSPS) is 12.8. The van der Waals surface area contributed by atoms with Crippen LogP contribution in [-0.2, 0) is 11.3 Å². The van der Waals surface area contributed by atoms with Crippen molar-refractivity contribution in [1.82, 2.24) is 10.2 Å². The van der Waals surface area contributed by atoms with Crippen LogP contribution in [0.4, 0.5) is 0 Å². The van der Waals surface area contributed by atoms with E-state index in [9.17, 15) is 14.4 Å². The topological polar surface area (TPSA) is 84.9 Å². The number of methoxy groups -OCH3 is 2. The summed E-state index contributed by atoms with van der Waals surface area (Å²) >= 11 is 3.29. The fraction of sp³-hybridized carbons (Fsp3) is 0.250. The molecule has 146 valence electrons. The number of amides is 3. The van der Waals surface area contributed by atoms with Gasteiger partial charge in [-0.3, -0.25) is 19.3 Å². The van der Waals surface area contributed by atoms with Crippen LogP contribution in [0.3, 0.4) is 0 Å². The Morgan fingerprint density at radius 3 is 2.29 bits per heavy atom. The zero-order valence-electron chi connectivity index (χ0n) is 15.5. The highest BCUT2D eigenvalue weighted by atomic mass is 79.9. The first-order valence-corrected chi connectivity index (χ1v) is 9.36. The second-order valence-electron chi connectivity index (χ2n) is 6.20. The number of carbonyl (C=O) groups excluding carboxylic acids is 3. The number of hydrogen-bond acceptors (Lipinski definition) is 5. The minimum atomic E-state index is -0.383. The first kappa shape index (κ1) is 19.9. The van der Waals surface area contributed by atoms with Gasteiger partial charge in [0.15, 0.2) is 0 Å². The number of imide groups is 1. The van der Waals surface area contributed by atoms with Crippen LogP contribution in [-0.4, -0.2) is 43.4 Å². The van der Waals surface area contributed by atoms with Gasteiger partial charge in [0.25, 0.3) is 11.8 Å². The van der Waals surface area contributed by atoms with E-state index in [1.807, 2.05) is 0 Å². The van der Waals surface area contributed by atoms with Crippen molar-refractivity contribution in [3.05, 3.63) is 57.6 Å². The smallest absolute Gasteiger partial charge is 0.261 e. The Balaban J connectivity index is 1.57. The third kappa shape index (κ3) is 4.17. The second kappa shape index (κ2) is 8.43. The summed E-state index contributed by atoms with van der Waals surface area (Å²) in [5.41, 5.74) is 1.52. The van der Waals surface area contributed by atoms with Gasteiger partial charge < -0.3 is 14.8 Å². The predicted molar refractivity (Wildman–Crippen MR) is 106 cm³/mol. The monoisotopic (exact) mass is 446 g/mol. The molecule has 1 N–H and O–H groups in total. The highest BCUT2D eigenvalue weighted by molar-refractivity contribution is 9.10. The van der Waals surface area contributed by atoms with Crippen molar-refractivity contribution in [2.45, 2.75) is 13.0 Å². The largest absolute Gasteiger partial charge is 0.497 e. The van der Waals surface area contributed by atoms with Crippen LogP contribution in [0.2, 0.25) is 0 Å². The fourth-order valence-electron chi connectivity index (χ4n) is 2.94. The molecule has 0 saturated carbocycles. The molecule has 3 amide bonds. The molecule has 7 nitrogen and oxygen atoms in total. The highest BCUT2D eigenvalue weighted by Gasteiger charge is 2.35. The molecule has 1 heterocycles. The quantitative estimate of drug-likeness (QED) is 0.660. The first-order valence-electron chi connectivity index (χ1n) is 8.57. The van der Waals surface area contributed by atoms with Gasteiger partial charge in [-0.2, -0.15) is 0 Å². The lowest BCUT2D eigenvalue weighted by molar-refractivity contribution is -0.121. The molecule has 0 saturated heterocycles.